The molecule has 0 aromatic carbocycles. The molecule has 1 unspecified atom stereocenters. The quantitative estimate of drug-likeness (QED) is 0.783. The summed E-state index contributed by atoms with van der Waals surface area (Å²) in [7, 11) is 0. The molecule has 0 bridgehead atoms. The Kier molecular flexibility index (Phi) is 2.65. The molecule has 72 valence electrons. The van der Waals surface area contributed by atoms with E-state index in [2.05, 4.69) is 11.9 Å². The lowest BCUT2D eigenvalue weighted by Gasteiger charge is -2.15. The minimum Gasteiger partial charge on any atom is -0.330 e. The van der Waals surface area contributed by atoms with E-state index in [-0.39, 0.29) is 0 Å². The maximum Gasteiger partial charge on any atom is 0.0943 e. The molecule has 13 heavy (non-hydrogen) atoms. The van der Waals surface area contributed by atoms with Gasteiger partial charge >= 0.3 is 0 Å². The van der Waals surface area contributed by atoms with Crippen LogP contribution in [0.1, 0.15) is 28.9 Å². The van der Waals surface area contributed by atoms with Gasteiger partial charge in [0.05, 0.1) is 10.7 Å². The first-order chi connectivity index (χ1) is 6.29. The Morgan fingerprint density at radius 1 is 1.62 bits per heavy atom. The molecule has 0 aliphatic heterocycles. The lowest BCUT2D eigenvalue weighted by atomic mass is 9.93. The Labute approximate surface area is 83.2 Å². The van der Waals surface area contributed by atoms with Crippen molar-refractivity contribution in [2.75, 3.05) is 6.54 Å². The topological polar surface area (TPSA) is 38.9 Å². The van der Waals surface area contributed by atoms with Crippen molar-refractivity contribution in [2.24, 2.45) is 11.7 Å². The molecule has 1 aromatic heterocycles. The third-order valence-electron chi connectivity index (χ3n) is 2.59. The van der Waals surface area contributed by atoms with Gasteiger partial charge in [-0.1, -0.05) is 6.92 Å². The average Bonchev–Trinajstić information content (AvgIpc) is 2.46. The summed E-state index contributed by atoms with van der Waals surface area (Å²) in [6.45, 7) is 3.03. The maximum absolute atomic E-state index is 5.51. The van der Waals surface area contributed by atoms with Crippen LogP contribution in [0.25, 0.3) is 0 Å². The molecule has 3 heteroatoms. The summed E-state index contributed by atoms with van der Waals surface area (Å²) in [5, 5.41) is 1.24. The summed E-state index contributed by atoms with van der Waals surface area (Å²) < 4.78 is 0. The van der Waals surface area contributed by atoms with Crippen LogP contribution in [-0.2, 0) is 19.3 Å². The number of fused-ring (bicyclic) bond motifs is 1. The standard InChI is InChI=1S/C10H16N2S/c1-7-2-3-9-8(6-7)12-10(13-9)4-5-11/h7H,2-6,11H2,1H3. The van der Waals surface area contributed by atoms with Gasteiger partial charge in [0.15, 0.2) is 0 Å². The molecule has 1 aliphatic carbocycles. The maximum atomic E-state index is 5.51. The van der Waals surface area contributed by atoms with Crippen molar-refractivity contribution in [1.29, 1.82) is 0 Å². The summed E-state index contributed by atoms with van der Waals surface area (Å²) in [6, 6.07) is 0. The number of aryl methyl sites for hydroxylation is 1. The zero-order valence-corrected chi connectivity index (χ0v) is 8.86. The second kappa shape index (κ2) is 3.76. The molecule has 0 saturated carbocycles. The van der Waals surface area contributed by atoms with E-state index in [1.165, 1.54) is 34.8 Å². The number of thiazole rings is 1. The molecule has 0 radical (unpaired) electrons. The highest BCUT2D eigenvalue weighted by atomic mass is 32.1. The van der Waals surface area contributed by atoms with Crippen LogP contribution in [0.5, 0.6) is 0 Å². The van der Waals surface area contributed by atoms with Crippen molar-refractivity contribution >= 4 is 11.3 Å². The first-order valence-corrected chi connectivity index (χ1v) is 5.78. The normalized spacial score (nSPS) is 21.5. The van der Waals surface area contributed by atoms with E-state index in [1.807, 2.05) is 11.3 Å². The van der Waals surface area contributed by atoms with Gasteiger partial charge in [-0.05, 0) is 31.7 Å². The smallest absolute Gasteiger partial charge is 0.0943 e. The first kappa shape index (κ1) is 9.16. The second-order valence-corrected chi connectivity index (χ2v) is 5.03. The molecule has 0 spiro atoms. The highest BCUT2D eigenvalue weighted by Gasteiger charge is 2.19. The van der Waals surface area contributed by atoms with Crippen LogP contribution in [-0.4, -0.2) is 11.5 Å². The van der Waals surface area contributed by atoms with E-state index in [0.717, 1.165) is 18.9 Å². The molecular formula is C10H16N2S. The fourth-order valence-corrected chi connectivity index (χ4v) is 2.96. The van der Waals surface area contributed by atoms with Gasteiger partial charge in [0.2, 0.25) is 0 Å². The summed E-state index contributed by atoms with van der Waals surface area (Å²) in [4.78, 5) is 6.14. The van der Waals surface area contributed by atoms with Gasteiger partial charge in [-0.25, -0.2) is 4.98 Å². The van der Waals surface area contributed by atoms with Crippen LogP contribution in [0.4, 0.5) is 0 Å². The lowest BCUT2D eigenvalue weighted by molar-refractivity contribution is 0.498. The summed E-state index contributed by atoms with van der Waals surface area (Å²) in [5.74, 6) is 0.820. The zero-order valence-electron chi connectivity index (χ0n) is 8.05. The van der Waals surface area contributed by atoms with Crippen molar-refractivity contribution < 1.29 is 0 Å². The van der Waals surface area contributed by atoms with Crippen LogP contribution >= 0.6 is 11.3 Å². The third-order valence-corrected chi connectivity index (χ3v) is 3.80. The highest BCUT2D eigenvalue weighted by Crippen LogP contribution is 2.29. The monoisotopic (exact) mass is 196 g/mol. The third kappa shape index (κ3) is 1.92. The number of rotatable bonds is 2. The SMILES string of the molecule is CC1CCc2sc(CCN)nc2C1. The van der Waals surface area contributed by atoms with Gasteiger partial charge < -0.3 is 5.73 Å². The molecule has 2 N–H and O–H groups in total. The van der Waals surface area contributed by atoms with Gasteiger partial charge in [0.25, 0.3) is 0 Å². The van der Waals surface area contributed by atoms with E-state index in [1.54, 1.807) is 0 Å². The fourth-order valence-electron chi connectivity index (χ4n) is 1.83. The number of nitrogens with two attached hydrogens (primary N) is 1. The fraction of sp³-hybridized carbons (Fsp3) is 0.700. The summed E-state index contributed by atoms with van der Waals surface area (Å²) in [6.07, 6.45) is 4.69. The molecule has 2 rings (SSSR count). The molecular weight excluding hydrogens is 180 g/mol. The van der Waals surface area contributed by atoms with Crippen LogP contribution < -0.4 is 5.73 Å². The molecule has 1 aliphatic rings. The number of hydrogen-bond donors (Lipinski definition) is 1. The number of nitrogens with zero attached hydrogens (tertiary/aromatic N) is 1. The Hall–Kier alpha value is -0.410. The van der Waals surface area contributed by atoms with Crippen molar-refractivity contribution in [2.45, 2.75) is 32.6 Å². The zero-order chi connectivity index (χ0) is 9.26. The Balaban J connectivity index is 2.18. The molecule has 1 aromatic rings. The van der Waals surface area contributed by atoms with E-state index >= 15 is 0 Å². The van der Waals surface area contributed by atoms with Gasteiger partial charge in [-0.3, -0.25) is 0 Å². The van der Waals surface area contributed by atoms with Crippen LogP contribution in [0.3, 0.4) is 0 Å². The highest BCUT2D eigenvalue weighted by molar-refractivity contribution is 7.11. The van der Waals surface area contributed by atoms with Gasteiger partial charge in [0.1, 0.15) is 0 Å². The van der Waals surface area contributed by atoms with Crippen molar-refractivity contribution in [3.63, 3.8) is 0 Å². The Morgan fingerprint density at radius 2 is 2.46 bits per heavy atom. The van der Waals surface area contributed by atoms with Gasteiger partial charge in [0, 0.05) is 11.3 Å². The van der Waals surface area contributed by atoms with E-state index in [0.29, 0.717) is 0 Å². The summed E-state index contributed by atoms with van der Waals surface area (Å²) >= 11 is 1.87. The molecule has 0 fully saturated rings. The molecule has 1 atom stereocenters. The predicted octanol–water partition coefficient (Wildman–Crippen LogP) is 1.77. The molecule has 0 saturated heterocycles. The first-order valence-electron chi connectivity index (χ1n) is 4.97. The van der Waals surface area contributed by atoms with Crippen LogP contribution in [0.2, 0.25) is 0 Å². The minimum absolute atomic E-state index is 0.724. The van der Waals surface area contributed by atoms with Gasteiger partial charge in [-0.15, -0.1) is 11.3 Å². The van der Waals surface area contributed by atoms with Crippen molar-refractivity contribution in [1.82, 2.24) is 4.98 Å². The Bertz CT molecular complexity index is 293. The average molecular weight is 196 g/mol. The Morgan fingerprint density at radius 3 is 3.23 bits per heavy atom. The summed E-state index contributed by atoms with van der Waals surface area (Å²) in [5.41, 5.74) is 6.87. The molecule has 0 amide bonds. The molecule has 2 nitrogen and oxygen atoms in total. The second-order valence-electron chi connectivity index (χ2n) is 3.86. The number of hydrogen-bond acceptors (Lipinski definition) is 3. The number of aromatic nitrogens is 1. The predicted molar refractivity (Wildman–Crippen MR) is 56.1 cm³/mol. The van der Waals surface area contributed by atoms with E-state index in [4.69, 9.17) is 5.73 Å². The van der Waals surface area contributed by atoms with E-state index < -0.39 is 0 Å². The van der Waals surface area contributed by atoms with Gasteiger partial charge in [-0.2, -0.15) is 0 Å². The molecule has 1 heterocycles. The van der Waals surface area contributed by atoms with Crippen molar-refractivity contribution in [3.05, 3.63) is 15.6 Å². The minimum atomic E-state index is 0.724. The largest absolute Gasteiger partial charge is 0.330 e. The van der Waals surface area contributed by atoms with Crippen molar-refractivity contribution in [3.8, 4) is 0 Å². The van der Waals surface area contributed by atoms with Crippen LogP contribution in [0, 0.1) is 5.92 Å². The van der Waals surface area contributed by atoms with E-state index in [9.17, 15) is 0 Å². The van der Waals surface area contributed by atoms with Crippen LogP contribution in [0.15, 0.2) is 0 Å². The lowest BCUT2D eigenvalue weighted by Crippen LogP contribution is -2.09.